The molecule has 0 atom stereocenters. The Morgan fingerprint density at radius 2 is 2.11 bits per heavy atom. The second-order valence-electron chi connectivity index (χ2n) is 5.22. The molecule has 2 aromatic rings. The maximum Gasteiger partial charge on any atom is 0.261 e. The molecule has 0 bridgehead atoms. The lowest BCUT2D eigenvalue weighted by Crippen LogP contribution is -2.27. The monoisotopic (exact) mass is 276 g/mol. The van der Waals surface area contributed by atoms with Gasteiger partial charge in [0, 0.05) is 6.54 Å². The Bertz CT molecular complexity index is 646. The van der Waals surface area contributed by atoms with Crippen molar-refractivity contribution in [1.29, 1.82) is 0 Å². The smallest absolute Gasteiger partial charge is 0.261 e. The van der Waals surface area contributed by atoms with Crippen molar-refractivity contribution in [2.24, 2.45) is 5.92 Å². The Balaban J connectivity index is 2.00. The van der Waals surface area contributed by atoms with E-state index >= 15 is 0 Å². The molecule has 1 fully saturated rings. The van der Waals surface area contributed by atoms with Gasteiger partial charge in [-0.1, -0.05) is 31.4 Å². The highest BCUT2D eigenvalue weighted by molar-refractivity contribution is 6.16. The summed E-state index contributed by atoms with van der Waals surface area (Å²) in [5.41, 5.74) is 0.781. The predicted molar refractivity (Wildman–Crippen MR) is 77.5 cm³/mol. The van der Waals surface area contributed by atoms with Gasteiger partial charge >= 0.3 is 0 Å². The second kappa shape index (κ2) is 5.33. The van der Waals surface area contributed by atoms with E-state index in [0.29, 0.717) is 11.2 Å². The molecule has 0 aliphatic heterocycles. The van der Waals surface area contributed by atoms with Gasteiger partial charge < -0.3 is 0 Å². The number of benzene rings is 1. The van der Waals surface area contributed by atoms with Crippen LogP contribution in [0.15, 0.2) is 29.1 Å². The highest BCUT2D eigenvalue weighted by atomic mass is 35.5. The molecule has 0 radical (unpaired) electrons. The second-order valence-corrected chi connectivity index (χ2v) is 5.49. The number of hydrogen-bond donors (Lipinski definition) is 0. The van der Waals surface area contributed by atoms with Crippen LogP contribution in [0.1, 0.15) is 31.5 Å². The van der Waals surface area contributed by atoms with Gasteiger partial charge in [-0.2, -0.15) is 0 Å². The van der Waals surface area contributed by atoms with Crippen LogP contribution in [0.4, 0.5) is 0 Å². The normalized spacial score (nSPS) is 15.6. The summed E-state index contributed by atoms with van der Waals surface area (Å²) in [6, 6.07) is 7.47. The summed E-state index contributed by atoms with van der Waals surface area (Å²) in [7, 11) is 0. The largest absolute Gasteiger partial charge is 0.295 e. The third-order valence-electron chi connectivity index (χ3n) is 4.05. The molecule has 1 saturated carbocycles. The van der Waals surface area contributed by atoms with Gasteiger partial charge in [0.15, 0.2) is 0 Å². The van der Waals surface area contributed by atoms with Crippen LogP contribution in [0.25, 0.3) is 10.9 Å². The van der Waals surface area contributed by atoms with Crippen LogP contribution in [0.5, 0.6) is 0 Å². The minimum Gasteiger partial charge on any atom is -0.295 e. The first kappa shape index (κ1) is 12.7. The van der Waals surface area contributed by atoms with Crippen molar-refractivity contribution in [2.75, 3.05) is 0 Å². The number of hydrogen-bond acceptors (Lipinski definition) is 2. The molecule has 1 aromatic carbocycles. The van der Waals surface area contributed by atoms with Crippen molar-refractivity contribution in [2.45, 2.75) is 38.1 Å². The third kappa shape index (κ3) is 2.39. The molecule has 1 heterocycles. The molecule has 0 amide bonds. The summed E-state index contributed by atoms with van der Waals surface area (Å²) in [4.78, 5) is 17.0. The minimum atomic E-state index is 0.0422. The van der Waals surface area contributed by atoms with Gasteiger partial charge in [-0.25, -0.2) is 4.98 Å². The van der Waals surface area contributed by atoms with Crippen molar-refractivity contribution < 1.29 is 0 Å². The van der Waals surface area contributed by atoms with E-state index in [1.54, 1.807) is 4.57 Å². The van der Waals surface area contributed by atoms with Gasteiger partial charge in [-0.15, -0.1) is 11.6 Å². The Morgan fingerprint density at radius 1 is 1.32 bits per heavy atom. The van der Waals surface area contributed by atoms with Gasteiger partial charge in [0.05, 0.1) is 16.8 Å². The topological polar surface area (TPSA) is 34.9 Å². The lowest BCUT2D eigenvalue weighted by atomic mass is 9.83. The number of halogens is 1. The summed E-state index contributed by atoms with van der Waals surface area (Å²) >= 11 is 5.95. The van der Waals surface area contributed by atoms with Crippen LogP contribution in [0.3, 0.4) is 0 Å². The van der Waals surface area contributed by atoms with Gasteiger partial charge in [0.1, 0.15) is 5.82 Å². The average Bonchev–Trinajstić information content (AvgIpc) is 2.39. The molecule has 1 aliphatic rings. The first-order valence-corrected chi connectivity index (χ1v) is 7.37. The van der Waals surface area contributed by atoms with Crippen LogP contribution in [-0.4, -0.2) is 9.55 Å². The molecule has 0 saturated heterocycles. The summed E-state index contributed by atoms with van der Waals surface area (Å²) in [5.74, 6) is 1.75. The summed E-state index contributed by atoms with van der Waals surface area (Å²) < 4.78 is 1.76. The predicted octanol–water partition coefficient (Wildman–Crippen LogP) is 3.33. The van der Waals surface area contributed by atoms with E-state index in [1.807, 2.05) is 24.3 Å². The first-order valence-electron chi connectivity index (χ1n) is 6.84. The van der Waals surface area contributed by atoms with Crippen LogP contribution >= 0.6 is 11.6 Å². The van der Waals surface area contributed by atoms with Crippen LogP contribution in [0.2, 0.25) is 0 Å². The fourth-order valence-corrected chi connectivity index (χ4v) is 2.84. The fourth-order valence-electron chi connectivity index (χ4n) is 2.64. The number of nitrogens with zero attached hydrogens (tertiary/aromatic N) is 2. The Morgan fingerprint density at radius 3 is 2.79 bits per heavy atom. The van der Waals surface area contributed by atoms with Crippen LogP contribution in [-0.2, 0) is 12.4 Å². The molecule has 19 heavy (non-hydrogen) atoms. The maximum atomic E-state index is 12.5. The van der Waals surface area contributed by atoms with E-state index in [4.69, 9.17) is 11.6 Å². The Kier molecular flexibility index (Phi) is 3.56. The maximum absolute atomic E-state index is 12.5. The van der Waals surface area contributed by atoms with E-state index in [-0.39, 0.29) is 11.4 Å². The number of alkyl halides is 1. The molecule has 0 unspecified atom stereocenters. The lowest BCUT2D eigenvalue weighted by Gasteiger charge is -2.25. The van der Waals surface area contributed by atoms with E-state index in [2.05, 4.69) is 4.98 Å². The Labute approximate surface area is 117 Å². The highest BCUT2D eigenvalue weighted by Crippen LogP contribution is 2.29. The lowest BCUT2D eigenvalue weighted by molar-refractivity contribution is 0.280. The quantitative estimate of drug-likeness (QED) is 0.803. The molecule has 100 valence electrons. The molecular weight excluding hydrogens is 260 g/mol. The molecule has 4 heteroatoms. The standard InChI is InChI=1S/C15H17ClN2O/c16-10-14-17-13-7-2-1-6-12(13)15(19)18(14)9-8-11-4-3-5-11/h1-2,6-7,11H,3-5,8-10H2. The summed E-state index contributed by atoms with van der Waals surface area (Å²) in [6.45, 7) is 0.739. The highest BCUT2D eigenvalue weighted by Gasteiger charge is 2.18. The minimum absolute atomic E-state index is 0.0422. The fraction of sp³-hybridized carbons (Fsp3) is 0.467. The zero-order valence-corrected chi connectivity index (χ0v) is 11.6. The van der Waals surface area contributed by atoms with Crippen molar-refractivity contribution >= 4 is 22.5 Å². The van der Waals surface area contributed by atoms with Gasteiger partial charge in [0.2, 0.25) is 0 Å². The van der Waals surface area contributed by atoms with Crippen LogP contribution in [0, 0.1) is 5.92 Å². The molecule has 1 aliphatic carbocycles. The molecule has 3 rings (SSSR count). The number of fused-ring (bicyclic) bond motifs is 1. The number of aromatic nitrogens is 2. The average molecular weight is 277 g/mol. The van der Waals surface area contributed by atoms with Crippen molar-refractivity contribution in [3.8, 4) is 0 Å². The number of para-hydroxylation sites is 1. The van der Waals surface area contributed by atoms with E-state index < -0.39 is 0 Å². The third-order valence-corrected chi connectivity index (χ3v) is 4.28. The van der Waals surface area contributed by atoms with Gasteiger partial charge in [-0.05, 0) is 24.5 Å². The zero-order valence-electron chi connectivity index (χ0n) is 10.8. The molecule has 1 aromatic heterocycles. The van der Waals surface area contributed by atoms with E-state index in [1.165, 1.54) is 19.3 Å². The molecular formula is C15H17ClN2O. The van der Waals surface area contributed by atoms with Crippen molar-refractivity contribution in [3.63, 3.8) is 0 Å². The van der Waals surface area contributed by atoms with Gasteiger partial charge in [0.25, 0.3) is 5.56 Å². The molecule has 0 spiro atoms. The Hall–Kier alpha value is -1.35. The first-order chi connectivity index (χ1) is 9.29. The molecule has 3 nitrogen and oxygen atoms in total. The SMILES string of the molecule is O=c1c2ccccc2nc(CCl)n1CCC1CCC1. The summed E-state index contributed by atoms with van der Waals surface area (Å²) in [5, 5.41) is 0.685. The zero-order chi connectivity index (χ0) is 13.2. The van der Waals surface area contributed by atoms with Crippen molar-refractivity contribution in [1.82, 2.24) is 9.55 Å². The van der Waals surface area contributed by atoms with Crippen LogP contribution < -0.4 is 5.56 Å². The van der Waals surface area contributed by atoms with Gasteiger partial charge in [-0.3, -0.25) is 9.36 Å². The number of rotatable bonds is 4. The van der Waals surface area contributed by atoms with E-state index in [9.17, 15) is 4.79 Å². The molecule has 0 N–H and O–H groups in total. The summed E-state index contributed by atoms with van der Waals surface area (Å²) in [6.07, 6.45) is 4.99. The van der Waals surface area contributed by atoms with Crippen molar-refractivity contribution in [3.05, 3.63) is 40.4 Å². The van der Waals surface area contributed by atoms with E-state index in [0.717, 1.165) is 24.4 Å².